The highest BCUT2D eigenvalue weighted by Crippen LogP contribution is 2.78. The zero-order valence-corrected chi connectivity index (χ0v) is 20.6. The van der Waals surface area contributed by atoms with Gasteiger partial charge in [-0.15, -0.1) is 0 Å². The molecule has 0 radical (unpaired) electrons. The van der Waals surface area contributed by atoms with Crippen molar-refractivity contribution in [3.05, 3.63) is 178 Å². The van der Waals surface area contributed by atoms with E-state index in [2.05, 4.69) is 146 Å². The number of hydrogen-bond acceptors (Lipinski definition) is 0. The van der Waals surface area contributed by atoms with Crippen molar-refractivity contribution in [3.63, 3.8) is 0 Å². The Labute approximate surface area is 218 Å². The SMILES string of the molecule is C(=C1\c2ccccc2C23c4ccccc4CC12/C(=C/c1ccccc1)c1ccccc13)/c1ccccc1. The second-order valence-corrected chi connectivity index (χ2v) is 10.5. The van der Waals surface area contributed by atoms with Gasteiger partial charge in [0.1, 0.15) is 0 Å². The van der Waals surface area contributed by atoms with Crippen LogP contribution in [0.1, 0.15) is 44.5 Å². The van der Waals surface area contributed by atoms with E-state index in [-0.39, 0.29) is 10.8 Å². The zero-order valence-electron chi connectivity index (χ0n) is 20.6. The predicted molar refractivity (Wildman–Crippen MR) is 154 cm³/mol. The van der Waals surface area contributed by atoms with Crippen molar-refractivity contribution in [2.24, 2.45) is 5.41 Å². The molecule has 3 aliphatic carbocycles. The zero-order chi connectivity index (χ0) is 24.5. The molecule has 37 heavy (non-hydrogen) atoms. The minimum atomic E-state index is -0.238. The van der Waals surface area contributed by atoms with Crippen LogP contribution in [0.15, 0.2) is 133 Å². The third kappa shape index (κ3) is 2.53. The molecule has 0 heteroatoms. The Bertz CT molecular complexity index is 1630. The molecule has 0 aliphatic heterocycles. The van der Waals surface area contributed by atoms with Crippen molar-refractivity contribution >= 4 is 23.3 Å². The summed E-state index contributed by atoms with van der Waals surface area (Å²) in [4.78, 5) is 0. The summed E-state index contributed by atoms with van der Waals surface area (Å²) in [5.41, 5.74) is 13.5. The molecular weight excluding hydrogens is 444 g/mol. The highest BCUT2D eigenvalue weighted by Gasteiger charge is 2.71. The third-order valence-electron chi connectivity index (χ3n) is 8.90. The molecule has 0 saturated heterocycles. The Kier molecular flexibility index (Phi) is 4.23. The molecule has 0 N–H and O–H groups in total. The van der Waals surface area contributed by atoms with E-state index in [0.717, 1.165) is 6.42 Å². The lowest BCUT2D eigenvalue weighted by Crippen LogP contribution is -2.37. The van der Waals surface area contributed by atoms with Gasteiger partial charge in [0.2, 0.25) is 0 Å². The Morgan fingerprint density at radius 1 is 0.432 bits per heavy atom. The van der Waals surface area contributed by atoms with Crippen LogP contribution >= 0.6 is 0 Å². The smallest absolute Gasteiger partial charge is 0.0606 e. The van der Waals surface area contributed by atoms with Crippen molar-refractivity contribution in [3.8, 4) is 0 Å². The molecule has 0 nitrogen and oxygen atoms in total. The molecule has 0 amide bonds. The van der Waals surface area contributed by atoms with Gasteiger partial charge in [0.25, 0.3) is 0 Å². The first-order chi connectivity index (χ1) is 18.3. The second kappa shape index (κ2) is 7.54. The lowest BCUT2D eigenvalue weighted by Gasteiger charge is -2.38. The van der Waals surface area contributed by atoms with Crippen LogP contribution < -0.4 is 0 Å². The molecule has 0 saturated carbocycles. The van der Waals surface area contributed by atoms with Crippen LogP contribution in [0.2, 0.25) is 0 Å². The first kappa shape index (κ1) is 20.7. The van der Waals surface area contributed by atoms with Crippen molar-refractivity contribution in [2.45, 2.75) is 11.8 Å². The fraction of sp³-hybridized carbons (Fsp3) is 0.0811. The highest BCUT2D eigenvalue weighted by atomic mass is 14.7. The van der Waals surface area contributed by atoms with Crippen LogP contribution in [-0.2, 0) is 11.8 Å². The Morgan fingerprint density at radius 3 is 1.41 bits per heavy atom. The monoisotopic (exact) mass is 470 g/mol. The molecule has 3 aliphatic rings. The summed E-state index contributed by atoms with van der Waals surface area (Å²) in [6.45, 7) is 0. The molecule has 0 heterocycles. The summed E-state index contributed by atoms with van der Waals surface area (Å²) in [6, 6.07) is 49.3. The highest BCUT2D eigenvalue weighted by molar-refractivity contribution is 6.10. The molecule has 0 aromatic heterocycles. The van der Waals surface area contributed by atoms with Gasteiger partial charge in [-0.3, -0.25) is 0 Å². The summed E-state index contributed by atoms with van der Waals surface area (Å²) in [7, 11) is 0. The van der Waals surface area contributed by atoms with Crippen molar-refractivity contribution < 1.29 is 0 Å². The maximum atomic E-state index is 2.47. The molecule has 5 aromatic rings. The van der Waals surface area contributed by atoms with Gasteiger partial charge < -0.3 is 0 Å². The van der Waals surface area contributed by atoms with Gasteiger partial charge in [-0.25, -0.2) is 0 Å². The van der Waals surface area contributed by atoms with E-state index in [4.69, 9.17) is 0 Å². The molecule has 0 fully saturated rings. The van der Waals surface area contributed by atoms with Crippen molar-refractivity contribution in [1.82, 2.24) is 0 Å². The molecule has 0 bridgehead atoms. The quantitative estimate of drug-likeness (QED) is 0.242. The minimum Gasteiger partial charge on any atom is -0.0622 e. The Balaban J connectivity index is 1.57. The van der Waals surface area contributed by atoms with Gasteiger partial charge in [-0.1, -0.05) is 146 Å². The fourth-order valence-electron chi connectivity index (χ4n) is 7.71. The molecule has 2 unspecified atom stereocenters. The van der Waals surface area contributed by atoms with E-state index in [1.165, 1.54) is 55.7 Å². The summed E-state index contributed by atoms with van der Waals surface area (Å²) >= 11 is 0. The third-order valence-corrected chi connectivity index (χ3v) is 8.90. The number of allylic oxidation sites excluding steroid dienone is 2. The van der Waals surface area contributed by atoms with Crippen molar-refractivity contribution in [2.75, 3.05) is 0 Å². The Morgan fingerprint density at radius 2 is 0.865 bits per heavy atom. The topological polar surface area (TPSA) is 0 Å². The van der Waals surface area contributed by atoms with Crippen LogP contribution in [0.3, 0.4) is 0 Å². The predicted octanol–water partition coefficient (Wildman–Crippen LogP) is 8.67. The van der Waals surface area contributed by atoms with Gasteiger partial charge in [-0.2, -0.15) is 0 Å². The number of hydrogen-bond donors (Lipinski definition) is 0. The summed E-state index contributed by atoms with van der Waals surface area (Å²) in [6.07, 6.45) is 5.93. The molecule has 0 spiro atoms. The maximum Gasteiger partial charge on any atom is 0.0606 e. The maximum absolute atomic E-state index is 2.47. The first-order valence-corrected chi connectivity index (χ1v) is 13.2. The second-order valence-electron chi connectivity index (χ2n) is 10.5. The van der Waals surface area contributed by atoms with Gasteiger partial charge in [0, 0.05) is 5.41 Å². The lowest BCUT2D eigenvalue weighted by atomic mass is 9.61. The first-order valence-electron chi connectivity index (χ1n) is 13.2. The average molecular weight is 471 g/mol. The van der Waals surface area contributed by atoms with Gasteiger partial charge >= 0.3 is 0 Å². The van der Waals surface area contributed by atoms with Gasteiger partial charge in [0.15, 0.2) is 0 Å². The standard InChI is InChI=1S/C37H26/c1-3-13-26(14-4-1)23-34-29-18-8-11-21-32(29)37-31-20-10-7-17-28(31)25-36(34,37)35(24-27-15-5-2-6-16-27)30-19-9-12-22-33(30)37/h1-24H,25H2/b34-23-,35-24+. The summed E-state index contributed by atoms with van der Waals surface area (Å²) < 4.78 is 0. The van der Waals surface area contributed by atoms with Crippen LogP contribution in [0.4, 0.5) is 0 Å². The summed E-state index contributed by atoms with van der Waals surface area (Å²) in [5.74, 6) is 0. The van der Waals surface area contributed by atoms with Crippen molar-refractivity contribution in [1.29, 1.82) is 0 Å². The van der Waals surface area contributed by atoms with E-state index >= 15 is 0 Å². The van der Waals surface area contributed by atoms with E-state index in [1.807, 2.05) is 0 Å². The van der Waals surface area contributed by atoms with Crippen LogP contribution in [0, 0.1) is 5.41 Å². The number of rotatable bonds is 2. The van der Waals surface area contributed by atoms with E-state index in [0.29, 0.717) is 0 Å². The number of fused-ring (bicyclic) bond motifs is 3. The minimum absolute atomic E-state index is 0.213. The normalized spacial score (nSPS) is 24.4. The van der Waals surface area contributed by atoms with Crippen LogP contribution in [0.5, 0.6) is 0 Å². The molecule has 5 aromatic carbocycles. The molecule has 8 rings (SSSR count). The Hall–Kier alpha value is -4.42. The van der Waals surface area contributed by atoms with E-state index in [1.54, 1.807) is 0 Å². The summed E-state index contributed by atoms with van der Waals surface area (Å²) in [5, 5.41) is 0. The fourth-order valence-corrected chi connectivity index (χ4v) is 7.71. The van der Waals surface area contributed by atoms with Gasteiger partial charge in [-0.05, 0) is 62.1 Å². The lowest BCUT2D eigenvalue weighted by molar-refractivity contribution is 0.445. The van der Waals surface area contributed by atoms with E-state index in [9.17, 15) is 0 Å². The van der Waals surface area contributed by atoms with E-state index < -0.39 is 0 Å². The van der Waals surface area contributed by atoms with Crippen LogP contribution in [0.25, 0.3) is 23.3 Å². The largest absolute Gasteiger partial charge is 0.0622 e. The molecule has 2 atom stereocenters. The number of benzene rings is 5. The van der Waals surface area contributed by atoms with Crippen LogP contribution in [-0.4, -0.2) is 0 Å². The average Bonchev–Trinajstić information content (AvgIpc) is 3.48. The molecule has 174 valence electrons. The van der Waals surface area contributed by atoms with Gasteiger partial charge in [0.05, 0.1) is 5.41 Å². The molecular formula is C37H26.